The van der Waals surface area contributed by atoms with Crippen molar-refractivity contribution in [2.45, 2.75) is 19.2 Å². The summed E-state index contributed by atoms with van der Waals surface area (Å²) in [5.41, 5.74) is 0.613. The third-order valence-electron chi connectivity index (χ3n) is 3.65. The molecule has 0 radical (unpaired) electrons. The van der Waals surface area contributed by atoms with Gasteiger partial charge in [-0.1, -0.05) is 12.1 Å². The van der Waals surface area contributed by atoms with Crippen LogP contribution in [0.15, 0.2) is 49.3 Å². The van der Waals surface area contributed by atoms with Gasteiger partial charge in [0, 0.05) is 6.20 Å². The molecule has 1 aromatic carbocycles. The average molecular weight is 340 g/mol. The van der Waals surface area contributed by atoms with Crippen LogP contribution in [0.4, 0.5) is 5.69 Å². The fourth-order valence-electron chi connectivity index (χ4n) is 2.55. The Morgan fingerprint density at radius 1 is 1.24 bits per heavy atom. The number of amides is 1. The number of nitrogens with one attached hydrogen (secondary N) is 1. The summed E-state index contributed by atoms with van der Waals surface area (Å²) < 4.78 is 14.8. The van der Waals surface area contributed by atoms with Crippen LogP contribution in [0.2, 0.25) is 0 Å². The monoisotopic (exact) mass is 340 g/mol. The fourth-order valence-corrected chi connectivity index (χ4v) is 2.55. The molecule has 0 saturated carbocycles. The maximum atomic E-state index is 11.9. The molecule has 0 saturated heterocycles. The van der Waals surface area contributed by atoms with Gasteiger partial charge in [0.05, 0.1) is 18.4 Å². The van der Waals surface area contributed by atoms with Gasteiger partial charge in [0.2, 0.25) is 5.91 Å². The molecule has 0 spiro atoms. The number of carbonyl (C=O) groups is 1. The molecule has 1 aliphatic rings. The van der Waals surface area contributed by atoms with E-state index in [0.717, 1.165) is 11.5 Å². The Labute approximate surface area is 143 Å². The van der Waals surface area contributed by atoms with Gasteiger partial charge in [-0.05, 0) is 12.1 Å². The van der Waals surface area contributed by atoms with Crippen molar-refractivity contribution in [2.24, 2.45) is 0 Å². The molecule has 1 atom stereocenters. The van der Waals surface area contributed by atoms with Crippen LogP contribution in [0.1, 0.15) is 0 Å². The second kappa shape index (κ2) is 6.63. The number of carbonyl (C=O) groups excluding carboxylic acids is 1. The first-order chi connectivity index (χ1) is 12.3. The minimum absolute atomic E-state index is 0.0988. The molecule has 128 valence electrons. The van der Waals surface area contributed by atoms with E-state index in [1.807, 2.05) is 24.3 Å². The summed E-state index contributed by atoms with van der Waals surface area (Å²) in [7, 11) is 0. The van der Waals surface area contributed by atoms with Crippen LogP contribution in [0.25, 0.3) is 0 Å². The van der Waals surface area contributed by atoms with Crippen molar-refractivity contribution >= 4 is 11.6 Å². The van der Waals surface area contributed by atoms with Crippen molar-refractivity contribution in [3.05, 3.63) is 49.3 Å². The van der Waals surface area contributed by atoms with E-state index in [-0.39, 0.29) is 18.6 Å². The predicted molar refractivity (Wildman–Crippen MR) is 87.2 cm³/mol. The van der Waals surface area contributed by atoms with Crippen molar-refractivity contribution in [1.29, 1.82) is 0 Å². The van der Waals surface area contributed by atoms with Gasteiger partial charge in [-0.3, -0.25) is 9.48 Å². The number of hydrogen-bond acceptors (Lipinski definition) is 6. The molecule has 1 amide bonds. The number of hydrogen-bond donors (Lipinski definition) is 1. The average Bonchev–Trinajstić information content (AvgIpc) is 3.27. The van der Waals surface area contributed by atoms with E-state index < -0.39 is 0 Å². The second-order valence-electron chi connectivity index (χ2n) is 5.59. The third-order valence-corrected chi connectivity index (χ3v) is 3.65. The SMILES string of the molecule is O=C(Cn1cncn1)Nc1cnn(C[C@H]2COc3ccccc3O2)c1. The predicted octanol–water partition coefficient (Wildman–Crippen LogP) is 0.953. The normalized spacial score (nSPS) is 15.8. The summed E-state index contributed by atoms with van der Waals surface area (Å²) in [5.74, 6) is 1.28. The van der Waals surface area contributed by atoms with Crippen molar-refractivity contribution in [3.63, 3.8) is 0 Å². The largest absolute Gasteiger partial charge is 0.486 e. The summed E-state index contributed by atoms with van der Waals surface area (Å²) in [6.45, 7) is 1.07. The summed E-state index contributed by atoms with van der Waals surface area (Å²) in [5, 5.41) is 10.9. The molecular weight excluding hydrogens is 324 g/mol. The van der Waals surface area contributed by atoms with Crippen molar-refractivity contribution in [1.82, 2.24) is 24.5 Å². The number of benzene rings is 1. The first-order valence-electron chi connectivity index (χ1n) is 7.79. The van der Waals surface area contributed by atoms with Gasteiger partial charge >= 0.3 is 0 Å². The van der Waals surface area contributed by atoms with Crippen LogP contribution in [0.5, 0.6) is 11.5 Å². The lowest BCUT2D eigenvalue weighted by Gasteiger charge is -2.26. The maximum Gasteiger partial charge on any atom is 0.246 e. The van der Waals surface area contributed by atoms with Crippen molar-refractivity contribution in [3.8, 4) is 11.5 Å². The lowest BCUT2D eigenvalue weighted by atomic mass is 10.2. The molecule has 0 bridgehead atoms. The zero-order chi connectivity index (χ0) is 17.1. The minimum Gasteiger partial charge on any atom is -0.486 e. The van der Waals surface area contributed by atoms with Crippen LogP contribution in [-0.2, 0) is 17.9 Å². The number of rotatable bonds is 5. The molecule has 9 nitrogen and oxygen atoms in total. The van der Waals surface area contributed by atoms with Crippen LogP contribution < -0.4 is 14.8 Å². The highest BCUT2D eigenvalue weighted by molar-refractivity contribution is 5.90. The quantitative estimate of drug-likeness (QED) is 0.743. The van der Waals surface area contributed by atoms with Gasteiger partial charge in [-0.2, -0.15) is 10.2 Å². The Kier molecular flexibility index (Phi) is 4.03. The zero-order valence-electron chi connectivity index (χ0n) is 13.3. The highest BCUT2D eigenvalue weighted by Crippen LogP contribution is 2.31. The number of para-hydroxylation sites is 2. The third kappa shape index (κ3) is 3.60. The van der Waals surface area contributed by atoms with Crippen molar-refractivity contribution < 1.29 is 14.3 Å². The first-order valence-corrected chi connectivity index (χ1v) is 7.79. The highest BCUT2D eigenvalue weighted by atomic mass is 16.6. The molecule has 9 heteroatoms. The van der Waals surface area contributed by atoms with E-state index in [4.69, 9.17) is 9.47 Å². The van der Waals surface area contributed by atoms with Gasteiger partial charge < -0.3 is 14.8 Å². The topological polar surface area (TPSA) is 96.1 Å². The summed E-state index contributed by atoms with van der Waals surface area (Å²) in [4.78, 5) is 15.7. The Bertz CT molecular complexity index is 860. The van der Waals surface area contributed by atoms with E-state index in [0.29, 0.717) is 18.8 Å². The second-order valence-corrected chi connectivity index (χ2v) is 5.59. The smallest absolute Gasteiger partial charge is 0.246 e. The molecule has 0 unspecified atom stereocenters. The lowest BCUT2D eigenvalue weighted by molar-refractivity contribution is -0.116. The van der Waals surface area contributed by atoms with Gasteiger partial charge in [-0.25, -0.2) is 9.67 Å². The first kappa shape index (κ1) is 15.2. The van der Waals surface area contributed by atoms with Gasteiger partial charge in [-0.15, -0.1) is 0 Å². The molecule has 1 N–H and O–H groups in total. The van der Waals surface area contributed by atoms with E-state index in [1.165, 1.54) is 17.3 Å². The number of nitrogens with zero attached hydrogens (tertiary/aromatic N) is 5. The number of ether oxygens (including phenoxy) is 2. The minimum atomic E-state index is -0.198. The molecule has 25 heavy (non-hydrogen) atoms. The van der Waals surface area contributed by atoms with Crippen LogP contribution in [0, 0.1) is 0 Å². The Morgan fingerprint density at radius 3 is 2.96 bits per heavy atom. The maximum absolute atomic E-state index is 11.9. The molecule has 3 aromatic rings. The molecule has 0 fully saturated rings. The summed E-state index contributed by atoms with van der Waals surface area (Å²) >= 11 is 0. The lowest BCUT2D eigenvalue weighted by Crippen LogP contribution is -2.33. The van der Waals surface area contributed by atoms with E-state index in [2.05, 4.69) is 20.5 Å². The van der Waals surface area contributed by atoms with Crippen LogP contribution in [-0.4, -0.2) is 43.2 Å². The van der Waals surface area contributed by atoms with Gasteiger partial charge in [0.25, 0.3) is 0 Å². The molecule has 0 aliphatic carbocycles. The Morgan fingerprint density at radius 2 is 2.12 bits per heavy atom. The molecule has 3 heterocycles. The highest BCUT2D eigenvalue weighted by Gasteiger charge is 2.21. The molecule has 1 aliphatic heterocycles. The standard InChI is InChI=1S/C16H16N6O3/c23-16(8-22-11-17-10-19-22)20-12-5-18-21(6-12)7-13-9-24-14-3-1-2-4-15(14)25-13/h1-6,10-11,13H,7-9H2,(H,20,23)/t13-/m0/s1. The van der Waals surface area contributed by atoms with Crippen LogP contribution >= 0.6 is 0 Å². The fraction of sp³-hybridized carbons (Fsp3) is 0.250. The molecule has 4 rings (SSSR count). The van der Waals surface area contributed by atoms with Crippen molar-refractivity contribution in [2.75, 3.05) is 11.9 Å². The number of aromatic nitrogens is 5. The number of anilines is 1. The zero-order valence-corrected chi connectivity index (χ0v) is 13.3. The summed E-state index contributed by atoms with van der Waals surface area (Å²) in [6.07, 6.45) is 6.07. The van der Waals surface area contributed by atoms with E-state index in [1.54, 1.807) is 17.1 Å². The van der Waals surface area contributed by atoms with E-state index >= 15 is 0 Å². The van der Waals surface area contributed by atoms with Crippen LogP contribution in [0.3, 0.4) is 0 Å². The van der Waals surface area contributed by atoms with Gasteiger partial charge in [0.1, 0.15) is 25.8 Å². The van der Waals surface area contributed by atoms with E-state index in [9.17, 15) is 4.79 Å². The Balaban J connectivity index is 1.33. The Hall–Kier alpha value is -3.36. The number of fused-ring (bicyclic) bond motifs is 1. The molecule has 2 aromatic heterocycles. The summed E-state index contributed by atoms with van der Waals surface area (Å²) in [6, 6.07) is 7.56. The molecular formula is C16H16N6O3. The van der Waals surface area contributed by atoms with Gasteiger partial charge in [0.15, 0.2) is 17.6 Å².